The summed E-state index contributed by atoms with van der Waals surface area (Å²) in [5, 5.41) is 2.63. The van der Waals surface area contributed by atoms with Gasteiger partial charge in [0.15, 0.2) is 0 Å². The van der Waals surface area contributed by atoms with Gasteiger partial charge in [0, 0.05) is 22.6 Å². The topological polar surface area (TPSA) is 81.1 Å². The van der Waals surface area contributed by atoms with Crippen LogP contribution in [-0.2, 0) is 0 Å². The lowest BCUT2D eigenvalue weighted by molar-refractivity contribution is 0.102. The van der Waals surface area contributed by atoms with Crippen LogP contribution in [0.3, 0.4) is 0 Å². The number of amides is 1. The number of anilines is 3. The minimum Gasteiger partial charge on any atom is -0.399 e. The smallest absolute Gasteiger partial charge is 0.255 e. The molecular weight excluding hydrogens is 245 g/mol. The molecule has 2 aromatic carbocycles. The fraction of sp³-hybridized carbons (Fsp3) is 0.0714. The maximum Gasteiger partial charge on any atom is 0.255 e. The molecule has 0 bridgehead atoms. The molecule has 0 fully saturated rings. The third kappa shape index (κ3) is 3.01. The quantitative estimate of drug-likeness (QED) is 0.725. The van der Waals surface area contributed by atoms with E-state index in [4.69, 9.17) is 11.5 Å². The second-order valence-corrected chi connectivity index (χ2v) is 4.30. The molecular formula is C14H14FN3O. The Labute approximate surface area is 110 Å². The zero-order valence-electron chi connectivity index (χ0n) is 10.4. The Bertz CT molecular complexity index is 620. The van der Waals surface area contributed by atoms with Crippen LogP contribution in [0.5, 0.6) is 0 Å². The van der Waals surface area contributed by atoms with Crippen LogP contribution in [0.2, 0.25) is 0 Å². The van der Waals surface area contributed by atoms with Gasteiger partial charge >= 0.3 is 0 Å². The van der Waals surface area contributed by atoms with Crippen molar-refractivity contribution >= 4 is 23.0 Å². The number of rotatable bonds is 2. The molecule has 5 N–H and O–H groups in total. The molecule has 98 valence electrons. The third-order valence-corrected chi connectivity index (χ3v) is 2.69. The highest BCUT2D eigenvalue weighted by Gasteiger charge is 2.09. The summed E-state index contributed by atoms with van der Waals surface area (Å²) in [7, 11) is 0. The standard InChI is InChI=1S/C14H14FN3O/c1-8-2-3-10(15)6-13(8)18-14(19)9-4-11(16)7-12(17)5-9/h2-7H,16-17H2,1H3,(H,18,19). The molecule has 0 radical (unpaired) electrons. The zero-order valence-corrected chi connectivity index (χ0v) is 10.4. The van der Waals surface area contributed by atoms with Crippen molar-refractivity contribution in [1.82, 2.24) is 0 Å². The van der Waals surface area contributed by atoms with Crippen LogP contribution in [0.4, 0.5) is 21.5 Å². The number of benzene rings is 2. The largest absolute Gasteiger partial charge is 0.399 e. The number of hydrogen-bond acceptors (Lipinski definition) is 3. The van der Waals surface area contributed by atoms with E-state index in [1.165, 1.54) is 24.3 Å². The summed E-state index contributed by atoms with van der Waals surface area (Å²) in [4.78, 5) is 12.0. The molecule has 0 atom stereocenters. The van der Waals surface area contributed by atoms with Gasteiger partial charge in [-0.15, -0.1) is 0 Å². The second-order valence-electron chi connectivity index (χ2n) is 4.30. The zero-order chi connectivity index (χ0) is 14.0. The lowest BCUT2D eigenvalue weighted by Gasteiger charge is -2.09. The van der Waals surface area contributed by atoms with Gasteiger partial charge in [0.05, 0.1) is 0 Å². The summed E-state index contributed by atoms with van der Waals surface area (Å²) in [6.07, 6.45) is 0. The van der Waals surface area contributed by atoms with Crippen LogP contribution in [0.25, 0.3) is 0 Å². The number of carbonyl (C=O) groups excluding carboxylic acids is 1. The fourth-order valence-electron chi connectivity index (χ4n) is 1.73. The lowest BCUT2D eigenvalue weighted by Crippen LogP contribution is -2.13. The average Bonchev–Trinajstić information content (AvgIpc) is 2.32. The summed E-state index contributed by atoms with van der Waals surface area (Å²) in [6, 6.07) is 8.79. The molecule has 0 aliphatic carbocycles. The first-order chi connectivity index (χ1) is 8.95. The van der Waals surface area contributed by atoms with E-state index >= 15 is 0 Å². The minimum absolute atomic E-state index is 0.334. The lowest BCUT2D eigenvalue weighted by atomic mass is 10.1. The van der Waals surface area contributed by atoms with E-state index in [9.17, 15) is 9.18 Å². The van der Waals surface area contributed by atoms with E-state index in [0.717, 1.165) is 5.56 Å². The second kappa shape index (κ2) is 4.97. The first-order valence-electron chi connectivity index (χ1n) is 5.69. The van der Waals surface area contributed by atoms with E-state index in [2.05, 4.69) is 5.32 Å². The molecule has 5 heteroatoms. The van der Waals surface area contributed by atoms with Crippen molar-refractivity contribution in [2.75, 3.05) is 16.8 Å². The van der Waals surface area contributed by atoms with Crippen LogP contribution < -0.4 is 16.8 Å². The van der Waals surface area contributed by atoms with E-state index in [1.54, 1.807) is 19.1 Å². The average molecular weight is 259 g/mol. The Kier molecular flexibility index (Phi) is 3.37. The van der Waals surface area contributed by atoms with Crippen LogP contribution in [0.15, 0.2) is 36.4 Å². The Morgan fingerprint density at radius 3 is 2.37 bits per heavy atom. The summed E-state index contributed by atoms with van der Waals surface area (Å²) in [5.41, 5.74) is 13.6. The van der Waals surface area contributed by atoms with E-state index in [0.29, 0.717) is 22.6 Å². The Morgan fingerprint density at radius 2 is 1.74 bits per heavy atom. The molecule has 2 aromatic rings. The van der Waals surface area contributed by atoms with Crippen molar-refractivity contribution in [2.24, 2.45) is 0 Å². The van der Waals surface area contributed by atoms with E-state index < -0.39 is 5.82 Å². The van der Waals surface area contributed by atoms with Crippen LogP contribution in [0.1, 0.15) is 15.9 Å². The third-order valence-electron chi connectivity index (χ3n) is 2.69. The molecule has 0 aliphatic rings. The normalized spacial score (nSPS) is 10.2. The molecule has 1 amide bonds. The maximum absolute atomic E-state index is 13.1. The number of hydrogen-bond donors (Lipinski definition) is 3. The summed E-state index contributed by atoms with van der Waals surface area (Å²) >= 11 is 0. The molecule has 2 rings (SSSR count). The van der Waals surface area contributed by atoms with Crippen LogP contribution in [-0.4, -0.2) is 5.91 Å². The van der Waals surface area contributed by atoms with Crippen LogP contribution in [0, 0.1) is 12.7 Å². The van der Waals surface area contributed by atoms with Gasteiger partial charge in [0.25, 0.3) is 5.91 Å². The number of nitrogens with one attached hydrogen (secondary N) is 1. The van der Waals surface area contributed by atoms with Crippen molar-refractivity contribution in [2.45, 2.75) is 6.92 Å². The minimum atomic E-state index is -0.409. The molecule has 0 saturated heterocycles. The highest BCUT2D eigenvalue weighted by Crippen LogP contribution is 2.19. The number of halogens is 1. The van der Waals surface area contributed by atoms with Gasteiger partial charge in [-0.2, -0.15) is 0 Å². The highest BCUT2D eigenvalue weighted by atomic mass is 19.1. The van der Waals surface area contributed by atoms with Gasteiger partial charge in [-0.05, 0) is 42.8 Å². The number of nitrogens with two attached hydrogens (primary N) is 2. The van der Waals surface area contributed by atoms with Gasteiger partial charge in [-0.25, -0.2) is 4.39 Å². The van der Waals surface area contributed by atoms with Gasteiger partial charge < -0.3 is 16.8 Å². The van der Waals surface area contributed by atoms with Crippen molar-refractivity contribution in [3.05, 3.63) is 53.3 Å². The predicted molar refractivity (Wildman–Crippen MR) is 74.4 cm³/mol. The molecule has 4 nitrogen and oxygen atoms in total. The Morgan fingerprint density at radius 1 is 1.11 bits per heavy atom. The molecule has 0 spiro atoms. The summed E-state index contributed by atoms with van der Waals surface area (Å²) in [5.74, 6) is -0.791. The van der Waals surface area contributed by atoms with Gasteiger partial charge in [0.2, 0.25) is 0 Å². The van der Waals surface area contributed by atoms with E-state index in [1.807, 2.05) is 0 Å². The monoisotopic (exact) mass is 259 g/mol. The number of carbonyl (C=O) groups is 1. The maximum atomic E-state index is 13.1. The van der Waals surface area contributed by atoms with Crippen molar-refractivity contribution < 1.29 is 9.18 Å². The Hall–Kier alpha value is -2.56. The molecule has 0 heterocycles. The molecule has 0 aromatic heterocycles. The van der Waals surface area contributed by atoms with Crippen molar-refractivity contribution in [3.8, 4) is 0 Å². The molecule has 19 heavy (non-hydrogen) atoms. The van der Waals surface area contributed by atoms with Gasteiger partial charge in [0.1, 0.15) is 5.82 Å². The number of aryl methyl sites for hydroxylation is 1. The van der Waals surface area contributed by atoms with E-state index in [-0.39, 0.29) is 5.91 Å². The highest BCUT2D eigenvalue weighted by molar-refractivity contribution is 6.05. The summed E-state index contributed by atoms with van der Waals surface area (Å²) in [6.45, 7) is 1.78. The summed E-state index contributed by atoms with van der Waals surface area (Å²) < 4.78 is 13.1. The van der Waals surface area contributed by atoms with Gasteiger partial charge in [-0.3, -0.25) is 4.79 Å². The SMILES string of the molecule is Cc1ccc(F)cc1NC(=O)c1cc(N)cc(N)c1. The fourth-order valence-corrected chi connectivity index (χ4v) is 1.73. The van der Waals surface area contributed by atoms with Crippen molar-refractivity contribution in [3.63, 3.8) is 0 Å². The number of nitrogen functional groups attached to an aromatic ring is 2. The molecule has 0 unspecified atom stereocenters. The molecule has 0 saturated carbocycles. The van der Waals surface area contributed by atoms with Gasteiger partial charge in [-0.1, -0.05) is 6.07 Å². The predicted octanol–water partition coefficient (Wildman–Crippen LogP) is 2.55. The van der Waals surface area contributed by atoms with Crippen molar-refractivity contribution in [1.29, 1.82) is 0 Å². The van der Waals surface area contributed by atoms with Crippen LogP contribution >= 0.6 is 0 Å². The molecule has 0 aliphatic heterocycles. The first-order valence-corrected chi connectivity index (χ1v) is 5.69. The first kappa shape index (κ1) is 12.9. The Balaban J connectivity index is 2.28.